The SMILES string of the molecule is COc1c(C)ccc(C(C)CO)c1O. The van der Waals surface area contributed by atoms with Gasteiger partial charge >= 0.3 is 0 Å². The molecule has 0 bridgehead atoms. The highest BCUT2D eigenvalue weighted by Gasteiger charge is 2.14. The van der Waals surface area contributed by atoms with Crippen LogP contribution in [0.1, 0.15) is 24.0 Å². The largest absolute Gasteiger partial charge is 0.504 e. The molecule has 0 amide bonds. The van der Waals surface area contributed by atoms with Crippen LogP contribution >= 0.6 is 0 Å². The van der Waals surface area contributed by atoms with Crippen LogP contribution in [0.3, 0.4) is 0 Å². The third kappa shape index (κ3) is 1.82. The lowest BCUT2D eigenvalue weighted by atomic mass is 9.99. The van der Waals surface area contributed by atoms with E-state index in [9.17, 15) is 5.11 Å². The Morgan fingerprint density at radius 1 is 1.43 bits per heavy atom. The standard InChI is InChI=1S/C11H16O3/c1-7-4-5-9(8(2)6-12)10(13)11(7)14-3/h4-5,8,12-13H,6H2,1-3H3. The van der Waals surface area contributed by atoms with E-state index >= 15 is 0 Å². The quantitative estimate of drug-likeness (QED) is 0.775. The van der Waals surface area contributed by atoms with Crippen molar-refractivity contribution < 1.29 is 14.9 Å². The fraction of sp³-hybridized carbons (Fsp3) is 0.455. The van der Waals surface area contributed by atoms with Crippen LogP contribution in [0.25, 0.3) is 0 Å². The Bertz CT molecular complexity index is 321. The molecule has 0 heterocycles. The maximum Gasteiger partial charge on any atom is 0.163 e. The van der Waals surface area contributed by atoms with Crippen molar-refractivity contribution in [2.75, 3.05) is 13.7 Å². The number of aliphatic hydroxyl groups is 1. The summed E-state index contributed by atoms with van der Waals surface area (Å²) >= 11 is 0. The van der Waals surface area contributed by atoms with Gasteiger partial charge in [-0.25, -0.2) is 0 Å². The number of hydrogen-bond donors (Lipinski definition) is 2. The smallest absolute Gasteiger partial charge is 0.163 e. The van der Waals surface area contributed by atoms with E-state index in [2.05, 4.69) is 0 Å². The lowest BCUT2D eigenvalue weighted by molar-refractivity contribution is 0.269. The molecule has 3 heteroatoms. The van der Waals surface area contributed by atoms with E-state index in [1.807, 2.05) is 26.0 Å². The van der Waals surface area contributed by atoms with Crippen LogP contribution in [0.4, 0.5) is 0 Å². The molecule has 0 fully saturated rings. The maximum absolute atomic E-state index is 9.84. The van der Waals surface area contributed by atoms with E-state index in [1.165, 1.54) is 7.11 Å². The highest BCUT2D eigenvalue weighted by atomic mass is 16.5. The molecule has 1 aromatic carbocycles. The number of aliphatic hydroxyl groups excluding tert-OH is 1. The average molecular weight is 196 g/mol. The fourth-order valence-corrected chi connectivity index (χ4v) is 1.44. The van der Waals surface area contributed by atoms with Crippen LogP contribution in [0.2, 0.25) is 0 Å². The van der Waals surface area contributed by atoms with E-state index in [4.69, 9.17) is 9.84 Å². The zero-order valence-electron chi connectivity index (χ0n) is 8.74. The molecule has 1 atom stereocenters. The Hall–Kier alpha value is -1.22. The molecule has 1 aromatic rings. The normalized spacial score (nSPS) is 12.6. The number of aryl methyl sites for hydroxylation is 1. The Kier molecular flexibility index (Phi) is 3.36. The van der Waals surface area contributed by atoms with Gasteiger partial charge in [0.25, 0.3) is 0 Å². The molecule has 0 aliphatic carbocycles. The first-order chi connectivity index (χ1) is 6.61. The zero-order chi connectivity index (χ0) is 10.7. The Morgan fingerprint density at radius 3 is 2.57 bits per heavy atom. The second-order valence-electron chi connectivity index (χ2n) is 3.44. The van der Waals surface area contributed by atoms with Crippen molar-refractivity contribution in [1.82, 2.24) is 0 Å². The first-order valence-electron chi connectivity index (χ1n) is 4.59. The molecular formula is C11H16O3. The Morgan fingerprint density at radius 2 is 2.07 bits per heavy atom. The van der Waals surface area contributed by atoms with Crippen molar-refractivity contribution in [1.29, 1.82) is 0 Å². The molecule has 3 nitrogen and oxygen atoms in total. The molecule has 1 rings (SSSR count). The first kappa shape index (κ1) is 10.9. The summed E-state index contributed by atoms with van der Waals surface area (Å²) in [7, 11) is 1.52. The Labute approximate surface area is 84.0 Å². The van der Waals surface area contributed by atoms with Crippen molar-refractivity contribution in [3.05, 3.63) is 23.3 Å². The van der Waals surface area contributed by atoms with Gasteiger partial charge in [-0.05, 0) is 12.5 Å². The lowest BCUT2D eigenvalue weighted by Gasteiger charge is -2.14. The zero-order valence-corrected chi connectivity index (χ0v) is 8.74. The molecule has 0 aliphatic heterocycles. The molecule has 0 aromatic heterocycles. The fourth-order valence-electron chi connectivity index (χ4n) is 1.44. The number of ether oxygens (including phenoxy) is 1. The average Bonchev–Trinajstić information content (AvgIpc) is 2.18. The van der Waals surface area contributed by atoms with E-state index in [0.29, 0.717) is 5.75 Å². The van der Waals surface area contributed by atoms with Crippen LogP contribution < -0.4 is 4.74 Å². The molecule has 0 spiro atoms. The number of phenolic OH excluding ortho intramolecular Hbond substituents is 1. The minimum atomic E-state index is -0.0792. The number of methoxy groups -OCH3 is 1. The molecule has 0 saturated carbocycles. The Balaban J connectivity index is 3.21. The molecule has 0 aliphatic rings. The predicted molar refractivity (Wildman–Crippen MR) is 54.9 cm³/mol. The van der Waals surface area contributed by atoms with E-state index in [1.54, 1.807) is 0 Å². The monoisotopic (exact) mass is 196 g/mol. The summed E-state index contributed by atoms with van der Waals surface area (Å²) in [5.41, 5.74) is 1.61. The highest BCUT2D eigenvalue weighted by molar-refractivity contribution is 5.51. The van der Waals surface area contributed by atoms with Crippen molar-refractivity contribution in [3.8, 4) is 11.5 Å². The number of phenols is 1. The summed E-state index contributed by atoms with van der Waals surface area (Å²) in [6, 6.07) is 3.69. The van der Waals surface area contributed by atoms with Crippen LogP contribution in [-0.4, -0.2) is 23.9 Å². The lowest BCUT2D eigenvalue weighted by Crippen LogP contribution is -2.01. The van der Waals surface area contributed by atoms with Gasteiger partial charge in [0, 0.05) is 18.1 Å². The molecular weight excluding hydrogens is 180 g/mol. The van der Waals surface area contributed by atoms with Crippen molar-refractivity contribution in [3.63, 3.8) is 0 Å². The molecule has 78 valence electrons. The molecule has 0 saturated heterocycles. The summed E-state index contributed by atoms with van der Waals surface area (Å²) < 4.78 is 5.08. The minimum absolute atomic E-state index is 0.0137. The summed E-state index contributed by atoms with van der Waals surface area (Å²) in [6.07, 6.45) is 0. The maximum atomic E-state index is 9.84. The van der Waals surface area contributed by atoms with Gasteiger partial charge in [-0.3, -0.25) is 0 Å². The van der Waals surface area contributed by atoms with E-state index < -0.39 is 0 Å². The van der Waals surface area contributed by atoms with Crippen molar-refractivity contribution >= 4 is 0 Å². The van der Waals surface area contributed by atoms with Crippen LogP contribution in [0.15, 0.2) is 12.1 Å². The summed E-state index contributed by atoms with van der Waals surface area (Å²) in [6.45, 7) is 3.73. The third-order valence-corrected chi connectivity index (χ3v) is 2.37. The third-order valence-electron chi connectivity index (χ3n) is 2.37. The predicted octanol–water partition coefficient (Wildman–Crippen LogP) is 1.81. The van der Waals surface area contributed by atoms with E-state index in [-0.39, 0.29) is 18.3 Å². The molecule has 1 unspecified atom stereocenters. The number of rotatable bonds is 3. The summed E-state index contributed by atoms with van der Waals surface area (Å²) in [5.74, 6) is 0.543. The van der Waals surface area contributed by atoms with Gasteiger partial charge in [0.1, 0.15) is 0 Å². The molecule has 14 heavy (non-hydrogen) atoms. The van der Waals surface area contributed by atoms with Crippen molar-refractivity contribution in [2.24, 2.45) is 0 Å². The van der Waals surface area contributed by atoms with Gasteiger partial charge < -0.3 is 14.9 Å². The molecule has 0 radical (unpaired) electrons. The number of hydrogen-bond acceptors (Lipinski definition) is 3. The van der Waals surface area contributed by atoms with Crippen LogP contribution in [-0.2, 0) is 0 Å². The van der Waals surface area contributed by atoms with E-state index in [0.717, 1.165) is 11.1 Å². The van der Waals surface area contributed by atoms with Crippen LogP contribution in [0.5, 0.6) is 11.5 Å². The number of aromatic hydroxyl groups is 1. The number of benzene rings is 1. The minimum Gasteiger partial charge on any atom is -0.504 e. The highest BCUT2D eigenvalue weighted by Crippen LogP contribution is 2.36. The van der Waals surface area contributed by atoms with Gasteiger partial charge in [0.15, 0.2) is 11.5 Å². The summed E-state index contributed by atoms with van der Waals surface area (Å²) in [5, 5.41) is 18.8. The van der Waals surface area contributed by atoms with Gasteiger partial charge in [0.05, 0.1) is 7.11 Å². The van der Waals surface area contributed by atoms with Gasteiger partial charge in [0.2, 0.25) is 0 Å². The second-order valence-corrected chi connectivity index (χ2v) is 3.44. The van der Waals surface area contributed by atoms with Crippen molar-refractivity contribution in [2.45, 2.75) is 19.8 Å². The van der Waals surface area contributed by atoms with Gasteiger partial charge in [-0.15, -0.1) is 0 Å². The molecule has 2 N–H and O–H groups in total. The first-order valence-corrected chi connectivity index (χ1v) is 4.59. The second kappa shape index (κ2) is 4.33. The topological polar surface area (TPSA) is 49.7 Å². The van der Waals surface area contributed by atoms with Gasteiger partial charge in [-0.1, -0.05) is 19.1 Å². The van der Waals surface area contributed by atoms with Gasteiger partial charge in [-0.2, -0.15) is 0 Å². The van der Waals surface area contributed by atoms with Crippen LogP contribution in [0, 0.1) is 6.92 Å². The summed E-state index contributed by atoms with van der Waals surface area (Å²) in [4.78, 5) is 0.